The third-order valence-corrected chi connectivity index (χ3v) is 17.5. The maximum atomic E-state index is 2.69. The van der Waals surface area contributed by atoms with E-state index in [1.807, 2.05) is 3.28 Å². The van der Waals surface area contributed by atoms with Crippen LogP contribution in [0, 0.1) is 11.3 Å². The van der Waals surface area contributed by atoms with Crippen molar-refractivity contribution in [2.75, 3.05) is 0 Å². The fourth-order valence-corrected chi connectivity index (χ4v) is 16.2. The van der Waals surface area contributed by atoms with Crippen molar-refractivity contribution in [1.29, 1.82) is 0 Å². The minimum Gasteiger partial charge on any atom is -1.00 e. The number of rotatable bonds is 4. The van der Waals surface area contributed by atoms with Crippen molar-refractivity contribution in [3.8, 4) is 11.1 Å². The molecule has 2 aromatic carbocycles. The summed E-state index contributed by atoms with van der Waals surface area (Å²) in [4.78, 5) is 0. The summed E-state index contributed by atoms with van der Waals surface area (Å²) in [5, 5.41) is 0. The summed E-state index contributed by atoms with van der Waals surface area (Å²) in [6.07, 6.45) is 5.06. The second kappa shape index (κ2) is 12.5. The van der Waals surface area contributed by atoms with E-state index in [1.165, 1.54) is 28.7 Å². The van der Waals surface area contributed by atoms with E-state index in [9.17, 15) is 0 Å². The summed E-state index contributed by atoms with van der Waals surface area (Å²) in [5.74, 6) is 0.604. The van der Waals surface area contributed by atoms with Gasteiger partial charge in [-0.25, -0.2) is 0 Å². The fraction of sp³-hybridized carbons (Fsp3) is 0.541. The summed E-state index contributed by atoms with van der Waals surface area (Å²) in [5.41, 5.74) is 13.0. The van der Waals surface area contributed by atoms with Gasteiger partial charge in [0.15, 0.2) is 0 Å². The van der Waals surface area contributed by atoms with Crippen LogP contribution in [0.1, 0.15) is 129 Å². The van der Waals surface area contributed by atoms with E-state index < -0.39 is 21.3 Å². The van der Waals surface area contributed by atoms with Crippen molar-refractivity contribution >= 4 is 3.21 Å². The average Bonchev–Trinajstić information content (AvgIpc) is 3.33. The summed E-state index contributed by atoms with van der Waals surface area (Å²) >= 11 is -2.36. The van der Waals surface area contributed by atoms with Gasteiger partial charge in [0.05, 0.1) is 0 Å². The Bertz CT molecular complexity index is 1280. The summed E-state index contributed by atoms with van der Waals surface area (Å²) < 4.78 is 4.19. The summed E-state index contributed by atoms with van der Waals surface area (Å²) in [6.45, 7) is 31.2. The molecule has 0 bridgehead atoms. The Kier molecular flexibility index (Phi) is 11.0. The van der Waals surface area contributed by atoms with Crippen LogP contribution in [0.5, 0.6) is 0 Å². The van der Waals surface area contributed by atoms with Crippen LogP contribution in [-0.2, 0) is 32.1 Å². The molecule has 1 atom stereocenters. The molecule has 0 nitrogen and oxygen atoms in total. The first-order valence-corrected chi connectivity index (χ1v) is 18.8. The molecule has 4 rings (SSSR count). The Balaban J connectivity index is 0.00000280. The SMILES string of the molecule is CCC1=[C]([Zr+2](=[C](C)C)[CH]2c3cc(C(C)(C)C)ccc3-c3ccc(C(C)(C)C)cc32)C(CC)C=C1C(C)(C)C.[Cl-].[Cl-]. The van der Waals surface area contributed by atoms with Crippen LogP contribution in [0.3, 0.4) is 0 Å². The first kappa shape index (κ1) is 35.4. The van der Waals surface area contributed by atoms with Crippen LogP contribution in [0.25, 0.3) is 11.1 Å². The molecule has 0 fully saturated rings. The molecule has 0 radical (unpaired) electrons. The second-order valence-corrected chi connectivity index (χ2v) is 22.3. The standard InChI is InChI=1S/C21H25.C13H21.C3H6.2ClH.Zr/c1-20(2,3)16-7-9-18-14(12-16)11-15-13-17(21(4,5)6)8-10-19(15)18;1-6-10-8-11(7-2)12(9-10)13(3,4)5;1-3-2;;;/h7-13H,1-6H3;9-10H,6-7H2,1-5H3;1-2H3;2*1H;/q;;;;;+2/p-2. The predicted octanol–water partition coefficient (Wildman–Crippen LogP) is 4.87. The molecule has 3 heteroatoms. The number of hydrogen-bond acceptors (Lipinski definition) is 0. The van der Waals surface area contributed by atoms with Crippen LogP contribution < -0.4 is 24.8 Å². The zero-order valence-corrected chi connectivity index (χ0v) is 31.3. The smallest absolute Gasteiger partial charge is 1.00 e. The van der Waals surface area contributed by atoms with Crippen molar-refractivity contribution in [3.05, 3.63) is 79.2 Å². The van der Waals surface area contributed by atoms with E-state index in [0.29, 0.717) is 9.54 Å². The van der Waals surface area contributed by atoms with Crippen molar-refractivity contribution in [2.24, 2.45) is 11.3 Å². The molecule has 2 aliphatic carbocycles. The molecule has 0 heterocycles. The minimum absolute atomic E-state index is 0. The maximum absolute atomic E-state index is 2.69. The van der Waals surface area contributed by atoms with Gasteiger partial charge in [0, 0.05) is 0 Å². The molecule has 218 valence electrons. The molecular weight excluding hydrogens is 607 g/mol. The minimum atomic E-state index is -2.36. The van der Waals surface area contributed by atoms with Gasteiger partial charge in [0.25, 0.3) is 0 Å². The first-order chi connectivity index (χ1) is 17.5. The van der Waals surface area contributed by atoms with Gasteiger partial charge in [-0.05, 0) is 0 Å². The Hall–Kier alpha value is -0.747. The van der Waals surface area contributed by atoms with Crippen molar-refractivity contribution < 1.29 is 46.1 Å². The van der Waals surface area contributed by atoms with E-state index >= 15 is 0 Å². The number of benzene rings is 2. The second-order valence-electron chi connectivity index (χ2n) is 15.0. The zero-order chi connectivity index (χ0) is 28.4. The van der Waals surface area contributed by atoms with Gasteiger partial charge in [-0.15, -0.1) is 0 Å². The molecule has 0 saturated carbocycles. The number of allylic oxidation sites excluding steroid dienone is 4. The van der Waals surface area contributed by atoms with Gasteiger partial charge >= 0.3 is 243 Å². The zero-order valence-electron chi connectivity index (χ0n) is 27.4. The van der Waals surface area contributed by atoms with Crippen LogP contribution >= 0.6 is 0 Å². The fourth-order valence-electron chi connectivity index (χ4n) is 6.74. The van der Waals surface area contributed by atoms with E-state index in [2.05, 4.69) is 132 Å². The van der Waals surface area contributed by atoms with Gasteiger partial charge < -0.3 is 24.8 Å². The third-order valence-electron chi connectivity index (χ3n) is 8.86. The number of fused-ring (bicyclic) bond motifs is 3. The molecule has 0 N–H and O–H groups in total. The number of halogens is 2. The average molecular weight is 659 g/mol. The van der Waals surface area contributed by atoms with Crippen molar-refractivity contribution in [3.63, 3.8) is 0 Å². The van der Waals surface area contributed by atoms with Gasteiger partial charge in [-0.1, -0.05) is 0 Å². The molecular formula is C37H52Cl2Zr. The number of hydrogen-bond donors (Lipinski definition) is 0. The van der Waals surface area contributed by atoms with Crippen molar-refractivity contribution in [2.45, 2.75) is 117 Å². The van der Waals surface area contributed by atoms with E-state index in [4.69, 9.17) is 0 Å². The molecule has 2 aliphatic rings. The van der Waals surface area contributed by atoms with Crippen molar-refractivity contribution in [1.82, 2.24) is 0 Å². The summed E-state index contributed by atoms with van der Waals surface area (Å²) in [7, 11) is 0. The topological polar surface area (TPSA) is 0 Å². The van der Waals surface area contributed by atoms with E-state index in [1.54, 1.807) is 25.5 Å². The molecule has 0 saturated heterocycles. The maximum Gasteiger partial charge on any atom is -1.00 e. The van der Waals surface area contributed by atoms with Crippen LogP contribution in [0.4, 0.5) is 0 Å². The van der Waals surface area contributed by atoms with Gasteiger partial charge in [0.2, 0.25) is 0 Å². The Morgan fingerprint density at radius 1 is 0.700 bits per heavy atom. The molecule has 1 unspecified atom stereocenters. The van der Waals surface area contributed by atoms with E-state index in [0.717, 1.165) is 6.42 Å². The molecule has 40 heavy (non-hydrogen) atoms. The largest absolute Gasteiger partial charge is 1.00 e. The third kappa shape index (κ3) is 6.43. The molecule has 0 aromatic heterocycles. The summed E-state index contributed by atoms with van der Waals surface area (Å²) in [6, 6.07) is 14.9. The van der Waals surface area contributed by atoms with Crippen LogP contribution in [-0.4, -0.2) is 3.21 Å². The molecule has 0 aliphatic heterocycles. The predicted molar refractivity (Wildman–Crippen MR) is 166 cm³/mol. The normalized spacial score (nSPS) is 16.9. The Morgan fingerprint density at radius 2 is 1.15 bits per heavy atom. The quantitative estimate of drug-likeness (QED) is 0.440. The first-order valence-electron chi connectivity index (χ1n) is 14.9. The van der Waals surface area contributed by atoms with Crippen LogP contribution in [0.15, 0.2) is 56.9 Å². The van der Waals surface area contributed by atoms with Gasteiger partial charge in [-0.3, -0.25) is 0 Å². The monoisotopic (exact) mass is 656 g/mol. The molecule has 0 amide bonds. The Morgan fingerprint density at radius 3 is 1.48 bits per heavy atom. The van der Waals surface area contributed by atoms with E-state index in [-0.39, 0.29) is 41.1 Å². The molecule has 0 spiro atoms. The van der Waals surface area contributed by atoms with Crippen LogP contribution in [0.2, 0.25) is 0 Å². The van der Waals surface area contributed by atoms with Gasteiger partial charge in [-0.2, -0.15) is 0 Å². The Labute approximate surface area is 266 Å². The molecule has 2 aromatic rings. The van der Waals surface area contributed by atoms with Gasteiger partial charge in [0.1, 0.15) is 0 Å².